The minimum atomic E-state index is -4.39. The average molecular weight is 176 g/mol. The fourth-order valence-electron chi connectivity index (χ4n) is 0.479. The summed E-state index contributed by atoms with van der Waals surface area (Å²) in [6, 6.07) is 1.55. The summed E-state index contributed by atoms with van der Waals surface area (Å²) in [7, 11) is 0. The summed E-state index contributed by atoms with van der Waals surface area (Å²) in [5.74, 6) is 3.18. The minimum absolute atomic E-state index is 0.410. The van der Waals surface area contributed by atoms with E-state index in [1.807, 2.05) is 5.92 Å². The minimum Gasteiger partial charge on any atom is -0.159 e. The smallest absolute Gasteiger partial charge is 0.159 e. The second-order valence-corrected chi connectivity index (χ2v) is 2.54. The summed E-state index contributed by atoms with van der Waals surface area (Å²) in [6.07, 6.45) is -4.39. The lowest BCUT2D eigenvalue weighted by atomic mass is 10.3. The zero-order valence-corrected chi connectivity index (χ0v) is 6.09. The molecule has 0 nitrogen and oxygen atoms in total. The van der Waals surface area contributed by atoms with Crippen LogP contribution in [0.15, 0.2) is 16.8 Å². The lowest BCUT2D eigenvalue weighted by Gasteiger charge is -1.90. The lowest BCUT2D eigenvalue weighted by molar-refractivity contribution is -0.0696. The highest BCUT2D eigenvalue weighted by Crippen LogP contribution is 2.13. The Morgan fingerprint density at radius 3 is 2.55 bits per heavy atom. The van der Waals surface area contributed by atoms with Gasteiger partial charge in [-0.2, -0.15) is 24.5 Å². The molecule has 0 amide bonds. The quantitative estimate of drug-likeness (QED) is 0.533. The van der Waals surface area contributed by atoms with Crippen molar-refractivity contribution in [2.75, 3.05) is 0 Å². The van der Waals surface area contributed by atoms with Crippen LogP contribution in [0.25, 0.3) is 0 Å². The zero-order valence-electron chi connectivity index (χ0n) is 5.27. The van der Waals surface area contributed by atoms with Gasteiger partial charge in [0.05, 0.1) is 0 Å². The Kier molecular flexibility index (Phi) is 2.20. The van der Waals surface area contributed by atoms with E-state index in [1.165, 1.54) is 17.3 Å². The maximum atomic E-state index is 11.5. The third kappa shape index (κ3) is 3.10. The van der Waals surface area contributed by atoms with Crippen LogP contribution in [0, 0.1) is 11.8 Å². The van der Waals surface area contributed by atoms with Gasteiger partial charge in [0.15, 0.2) is 0 Å². The molecule has 0 unspecified atom stereocenters. The van der Waals surface area contributed by atoms with Crippen LogP contribution in [0.1, 0.15) is 5.56 Å². The predicted octanol–water partition coefficient (Wildman–Crippen LogP) is 2.66. The van der Waals surface area contributed by atoms with Crippen LogP contribution in [0.2, 0.25) is 0 Å². The van der Waals surface area contributed by atoms with Gasteiger partial charge in [0.2, 0.25) is 0 Å². The number of halogens is 3. The maximum absolute atomic E-state index is 11.5. The molecule has 0 bridgehead atoms. The standard InChI is InChI=1S/C7H3F3S/c8-7(9,10)3-1-6-2-4-11-5-6/h2,4-5H. The third-order valence-corrected chi connectivity index (χ3v) is 1.55. The fourth-order valence-corrected chi connectivity index (χ4v) is 1.07. The van der Waals surface area contributed by atoms with E-state index in [0.29, 0.717) is 5.56 Å². The number of alkyl halides is 3. The van der Waals surface area contributed by atoms with Crippen molar-refractivity contribution in [2.45, 2.75) is 6.18 Å². The number of rotatable bonds is 0. The summed E-state index contributed by atoms with van der Waals surface area (Å²) in [4.78, 5) is 0. The molecule has 0 fully saturated rings. The van der Waals surface area contributed by atoms with Crippen molar-refractivity contribution in [3.63, 3.8) is 0 Å². The van der Waals surface area contributed by atoms with Crippen LogP contribution < -0.4 is 0 Å². The maximum Gasteiger partial charge on any atom is 0.458 e. The molecule has 1 rings (SSSR count). The number of hydrogen-bond donors (Lipinski definition) is 0. The van der Waals surface area contributed by atoms with Gasteiger partial charge >= 0.3 is 6.18 Å². The molecule has 0 saturated heterocycles. The third-order valence-electron chi connectivity index (χ3n) is 0.870. The SMILES string of the molecule is FC(F)(F)C#Cc1ccsc1. The van der Waals surface area contributed by atoms with Crippen LogP contribution in [-0.4, -0.2) is 6.18 Å². The van der Waals surface area contributed by atoms with Gasteiger partial charge in [-0.25, -0.2) is 0 Å². The van der Waals surface area contributed by atoms with Crippen LogP contribution in [0.4, 0.5) is 13.2 Å². The second-order valence-electron chi connectivity index (χ2n) is 1.76. The topological polar surface area (TPSA) is 0 Å². The van der Waals surface area contributed by atoms with Crippen LogP contribution in [0.5, 0.6) is 0 Å². The summed E-state index contributed by atoms with van der Waals surface area (Å²) in [5, 5.41) is 3.25. The molecule has 0 spiro atoms. The molecule has 0 atom stereocenters. The Bertz CT molecular complexity index is 273. The first-order valence-electron chi connectivity index (χ1n) is 2.70. The highest BCUT2D eigenvalue weighted by atomic mass is 32.1. The monoisotopic (exact) mass is 176 g/mol. The van der Waals surface area contributed by atoms with Gasteiger partial charge in [0.25, 0.3) is 0 Å². The van der Waals surface area contributed by atoms with Crippen molar-refractivity contribution in [3.8, 4) is 11.8 Å². The molecule has 0 aromatic carbocycles. The first kappa shape index (κ1) is 8.15. The van der Waals surface area contributed by atoms with E-state index < -0.39 is 6.18 Å². The van der Waals surface area contributed by atoms with Crippen molar-refractivity contribution in [1.29, 1.82) is 0 Å². The van der Waals surface area contributed by atoms with E-state index in [9.17, 15) is 13.2 Å². The van der Waals surface area contributed by atoms with E-state index in [0.717, 1.165) is 0 Å². The van der Waals surface area contributed by atoms with Gasteiger partial charge in [-0.05, 0) is 11.4 Å². The molecule has 0 saturated carbocycles. The summed E-state index contributed by atoms with van der Waals surface area (Å²) < 4.78 is 34.4. The molecular formula is C7H3F3S. The first-order chi connectivity index (χ1) is 5.08. The van der Waals surface area contributed by atoms with Crippen molar-refractivity contribution < 1.29 is 13.2 Å². The summed E-state index contributed by atoms with van der Waals surface area (Å²) in [6.45, 7) is 0. The normalized spacial score (nSPS) is 10.5. The van der Waals surface area contributed by atoms with E-state index in [4.69, 9.17) is 0 Å². The van der Waals surface area contributed by atoms with Crippen molar-refractivity contribution in [3.05, 3.63) is 22.4 Å². The van der Waals surface area contributed by atoms with Gasteiger partial charge in [-0.3, -0.25) is 0 Å². The molecule has 4 heteroatoms. The predicted molar refractivity (Wildman–Crippen MR) is 37.3 cm³/mol. The highest BCUT2D eigenvalue weighted by Gasteiger charge is 2.22. The Labute approximate surface area is 65.7 Å². The van der Waals surface area contributed by atoms with Crippen LogP contribution >= 0.6 is 11.3 Å². The first-order valence-corrected chi connectivity index (χ1v) is 3.64. The van der Waals surface area contributed by atoms with Crippen LogP contribution in [-0.2, 0) is 0 Å². The van der Waals surface area contributed by atoms with E-state index in [-0.39, 0.29) is 0 Å². The van der Waals surface area contributed by atoms with Gasteiger partial charge in [-0.15, -0.1) is 0 Å². The van der Waals surface area contributed by atoms with Gasteiger partial charge in [0, 0.05) is 16.9 Å². The molecule has 0 aliphatic carbocycles. The number of hydrogen-bond acceptors (Lipinski definition) is 1. The van der Waals surface area contributed by atoms with E-state index in [1.54, 1.807) is 16.8 Å². The second kappa shape index (κ2) is 2.97. The van der Waals surface area contributed by atoms with Gasteiger partial charge in [0.1, 0.15) is 0 Å². The fraction of sp³-hybridized carbons (Fsp3) is 0.143. The lowest BCUT2D eigenvalue weighted by Crippen LogP contribution is -2.01. The van der Waals surface area contributed by atoms with E-state index >= 15 is 0 Å². The van der Waals surface area contributed by atoms with Crippen molar-refractivity contribution in [2.24, 2.45) is 0 Å². The molecule has 0 aliphatic heterocycles. The summed E-state index contributed by atoms with van der Waals surface area (Å²) >= 11 is 1.32. The Hall–Kier alpha value is -0.950. The molecule has 0 radical (unpaired) electrons. The molecule has 0 aliphatic rings. The van der Waals surface area contributed by atoms with Crippen molar-refractivity contribution >= 4 is 11.3 Å². The molecule has 58 valence electrons. The van der Waals surface area contributed by atoms with Crippen molar-refractivity contribution in [1.82, 2.24) is 0 Å². The zero-order chi connectivity index (χ0) is 8.32. The molecule has 0 N–H and O–H groups in total. The molecule has 11 heavy (non-hydrogen) atoms. The average Bonchev–Trinajstić information content (AvgIpc) is 2.32. The molecule has 1 heterocycles. The summed E-state index contributed by atoms with van der Waals surface area (Å²) in [5.41, 5.74) is 0.410. The molecule has 1 aromatic rings. The Morgan fingerprint density at radius 1 is 1.36 bits per heavy atom. The largest absolute Gasteiger partial charge is 0.458 e. The Balaban J connectivity index is 2.74. The number of thiophene rings is 1. The highest BCUT2D eigenvalue weighted by molar-refractivity contribution is 7.08. The Morgan fingerprint density at radius 2 is 2.09 bits per heavy atom. The van der Waals surface area contributed by atoms with E-state index in [2.05, 4.69) is 0 Å². The van der Waals surface area contributed by atoms with Gasteiger partial charge in [-0.1, -0.05) is 5.92 Å². The molecular weight excluding hydrogens is 173 g/mol. The van der Waals surface area contributed by atoms with Gasteiger partial charge < -0.3 is 0 Å². The molecule has 1 aromatic heterocycles. The van der Waals surface area contributed by atoms with Crippen LogP contribution in [0.3, 0.4) is 0 Å².